The molecule has 3 aromatic rings. The van der Waals surface area contributed by atoms with Gasteiger partial charge in [-0.3, -0.25) is 13.9 Å². The highest BCUT2D eigenvalue weighted by Crippen LogP contribution is 2.30. The van der Waals surface area contributed by atoms with Gasteiger partial charge in [0.05, 0.1) is 17.7 Å². The van der Waals surface area contributed by atoms with E-state index in [9.17, 15) is 18.0 Å². The minimum atomic E-state index is -4.24. The van der Waals surface area contributed by atoms with E-state index in [0.717, 1.165) is 47.5 Å². The predicted octanol–water partition coefficient (Wildman–Crippen LogP) is 6.76. The van der Waals surface area contributed by atoms with Crippen molar-refractivity contribution < 1.29 is 22.7 Å². The van der Waals surface area contributed by atoms with Gasteiger partial charge in [-0.25, -0.2) is 8.42 Å². The van der Waals surface area contributed by atoms with E-state index in [4.69, 9.17) is 27.9 Å². The van der Waals surface area contributed by atoms with Gasteiger partial charge in [0, 0.05) is 22.6 Å². The maximum atomic E-state index is 14.3. The summed E-state index contributed by atoms with van der Waals surface area (Å²) in [6.45, 7) is 3.22. The number of anilines is 1. The van der Waals surface area contributed by atoms with E-state index in [2.05, 4.69) is 5.32 Å². The van der Waals surface area contributed by atoms with Gasteiger partial charge in [0.15, 0.2) is 0 Å². The molecule has 1 atom stereocenters. The zero-order chi connectivity index (χ0) is 31.9. The van der Waals surface area contributed by atoms with Gasteiger partial charge in [-0.1, -0.05) is 79.2 Å². The van der Waals surface area contributed by atoms with Crippen molar-refractivity contribution in [1.82, 2.24) is 10.2 Å². The van der Waals surface area contributed by atoms with Crippen LogP contribution in [0.1, 0.15) is 56.6 Å². The summed E-state index contributed by atoms with van der Waals surface area (Å²) >= 11 is 12.6. The standard InChI is InChI=1S/C33H39Cl2N3O5S/c1-4-31(33(40)36-27-8-6-5-7-9-27)37(21-24-12-14-29(43-3)15-13-24)32(39)22-38(28-19-25(34)18-26(35)20-28)44(41,42)30-16-10-23(2)11-17-30/h10-20,27,31H,4-9,21-22H2,1-3H3,(H,36,40)/t31-/m0/s1. The summed E-state index contributed by atoms with van der Waals surface area (Å²) in [6, 6.07) is 17.2. The molecule has 0 aliphatic heterocycles. The molecule has 0 saturated heterocycles. The first-order valence-corrected chi connectivity index (χ1v) is 17.0. The number of methoxy groups -OCH3 is 1. The number of sulfonamides is 1. The average molecular weight is 661 g/mol. The fourth-order valence-electron chi connectivity index (χ4n) is 5.44. The van der Waals surface area contributed by atoms with Gasteiger partial charge in [-0.15, -0.1) is 0 Å². The minimum absolute atomic E-state index is 0.00999. The molecule has 44 heavy (non-hydrogen) atoms. The number of benzene rings is 3. The lowest BCUT2D eigenvalue weighted by Crippen LogP contribution is -2.54. The molecule has 0 radical (unpaired) electrons. The molecular weight excluding hydrogens is 621 g/mol. The molecule has 0 spiro atoms. The highest BCUT2D eigenvalue weighted by molar-refractivity contribution is 7.92. The van der Waals surface area contributed by atoms with Crippen molar-refractivity contribution in [2.24, 2.45) is 0 Å². The Bertz CT molecular complexity index is 1520. The largest absolute Gasteiger partial charge is 0.497 e. The van der Waals surface area contributed by atoms with Crippen LogP contribution in [0.2, 0.25) is 10.0 Å². The van der Waals surface area contributed by atoms with Crippen LogP contribution in [-0.4, -0.2) is 50.9 Å². The van der Waals surface area contributed by atoms with Crippen molar-refractivity contribution in [2.45, 2.75) is 75.9 Å². The smallest absolute Gasteiger partial charge is 0.264 e. The second-order valence-corrected chi connectivity index (χ2v) is 13.8. The van der Waals surface area contributed by atoms with Crippen LogP contribution in [0.4, 0.5) is 5.69 Å². The average Bonchev–Trinajstić information content (AvgIpc) is 3.00. The van der Waals surface area contributed by atoms with Gasteiger partial charge < -0.3 is 15.0 Å². The Kier molecular flexibility index (Phi) is 11.6. The quantitative estimate of drug-likeness (QED) is 0.232. The number of carbonyl (C=O) groups is 2. The summed E-state index contributed by atoms with van der Waals surface area (Å²) in [5, 5.41) is 3.59. The Morgan fingerprint density at radius 1 is 0.955 bits per heavy atom. The van der Waals surface area contributed by atoms with E-state index in [-0.39, 0.29) is 39.1 Å². The lowest BCUT2D eigenvalue weighted by atomic mass is 9.95. The highest BCUT2D eigenvalue weighted by atomic mass is 35.5. The first kappa shape index (κ1) is 33.6. The zero-order valence-corrected chi connectivity index (χ0v) is 27.6. The third kappa shape index (κ3) is 8.46. The maximum Gasteiger partial charge on any atom is 0.264 e. The fraction of sp³-hybridized carbons (Fsp3) is 0.394. The number of nitrogens with zero attached hydrogens (tertiary/aromatic N) is 2. The lowest BCUT2D eigenvalue weighted by Gasteiger charge is -2.34. The second kappa shape index (κ2) is 15.1. The summed E-state index contributed by atoms with van der Waals surface area (Å²) < 4.78 is 34.4. The normalized spacial score (nSPS) is 14.5. The minimum Gasteiger partial charge on any atom is -0.497 e. The third-order valence-electron chi connectivity index (χ3n) is 7.87. The zero-order valence-electron chi connectivity index (χ0n) is 25.3. The number of halogens is 2. The summed E-state index contributed by atoms with van der Waals surface area (Å²) in [7, 11) is -2.67. The molecule has 4 rings (SSSR count). The Morgan fingerprint density at radius 2 is 1.57 bits per heavy atom. The number of carbonyl (C=O) groups excluding carboxylic acids is 2. The molecule has 0 bridgehead atoms. The topological polar surface area (TPSA) is 96.0 Å². The van der Waals surface area contributed by atoms with Crippen molar-refractivity contribution in [3.8, 4) is 5.75 Å². The monoisotopic (exact) mass is 659 g/mol. The molecule has 1 aliphatic rings. The van der Waals surface area contributed by atoms with Gasteiger partial charge in [-0.05, 0) is 74.2 Å². The predicted molar refractivity (Wildman–Crippen MR) is 175 cm³/mol. The number of hydrogen-bond donors (Lipinski definition) is 1. The van der Waals surface area contributed by atoms with Crippen LogP contribution in [-0.2, 0) is 26.2 Å². The van der Waals surface area contributed by atoms with Crippen molar-refractivity contribution in [2.75, 3.05) is 18.0 Å². The molecule has 0 aromatic heterocycles. The van der Waals surface area contributed by atoms with Gasteiger partial charge in [0.2, 0.25) is 11.8 Å². The molecule has 2 amide bonds. The Morgan fingerprint density at radius 3 is 2.14 bits per heavy atom. The molecule has 0 unspecified atom stereocenters. The van der Waals surface area contributed by atoms with Crippen LogP contribution in [0.25, 0.3) is 0 Å². The van der Waals surface area contributed by atoms with Crippen molar-refractivity contribution in [3.05, 3.63) is 87.9 Å². The van der Waals surface area contributed by atoms with Gasteiger partial charge in [-0.2, -0.15) is 0 Å². The fourth-order valence-corrected chi connectivity index (χ4v) is 7.35. The van der Waals surface area contributed by atoms with E-state index >= 15 is 0 Å². The number of ether oxygens (including phenoxy) is 1. The number of rotatable bonds is 12. The van der Waals surface area contributed by atoms with Crippen molar-refractivity contribution in [3.63, 3.8) is 0 Å². The SMILES string of the molecule is CC[C@@H](C(=O)NC1CCCCC1)N(Cc1ccc(OC)cc1)C(=O)CN(c1cc(Cl)cc(Cl)c1)S(=O)(=O)c1ccc(C)cc1. The van der Waals surface area contributed by atoms with Crippen LogP contribution >= 0.6 is 23.2 Å². The number of aryl methyl sites for hydroxylation is 1. The Labute approximate surface area is 270 Å². The van der Waals surface area contributed by atoms with E-state index in [0.29, 0.717) is 12.2 Å². The van der Waals surface area contributed by atoms with Crippen LogP contribution in [0, 0.1) is 6.92 Å². The number of hydrogen-bond acceptors (Lipinski definition) is 5. The highest BCUT2D eigenvalue weighted by Gasteiger charge is 2.34. The molecule has 11 heteroatoms. The van der Waals surface area contributed by atoms with Crippen molar-refractivity contribution in [1.29, 1.82) is 0 Å². The molecule has 8 nitrogen and oxygen atoms in total. The Hall–Kier alpha value is -3.27. The van der Waals surface area contributed by atoms with Gasteiger partial charge in [0.25, 0.3) is 10.0 Å². The maximum absolute atomic E-state index is 14.3. The van der Waals surface area contributed by atoms with Crippen LogP contribution in [0.15, 0.2) is 71.6 Å². The first-order valence-electron chi connectivity index (χ1n) is 14.8. The molecule has 1 fully saturated rings. The number of nitrogens with one attached hydrogen (secondary N) is 1. The van der Waals surface area contributed by atoms with Crippen molar-refractivity contribution >= 4 is 50.7 Å². The van der Waals surface area contributed by atoms with Crippen LogP contribution in [0.3, 0.4) is 0 Å². The molecule has 236 valence electrons. The Balaban J connectivity index is 1.73. The first-order chi connectivity index (χ1) is 21.0. The number of amides is 2. The summed E-state index contributed by atoms with van der Waals surface area (Å²) in [5.41, 5.74) is 1.79. The van der Waals surface area contributed by atoms with E-state index in [1.807, 2.05) is 26.0 Å². The molecule has 1 aliphatic carbocycles. The summed E-state index contributed by atoms with van der Waals surface area (Å²) in [5.74, 6) is -0.139. The second-order valence-electron chi connectivity index (χ2n) is 11.1. The molecule has 0 heterocycles. The summed E-state index contributed by atoms with van der Waals surface area (Å²) in [6.07, 6.45) is 5.37. The van der Waals surface area contributed by atoms with Gasteiger partial charge in [0.1, 0.15) is 18.3 Å². The molecule has 3 aromatic carbocycles. The van der Waals surface area contributed by atoms with Crippen LogP contribution in [0.5, 0.6) is 5.75 Å². The molecule has 1 saturated carbocycles. The molecular formula is C33H39Cl2N3O5S. The van der Waals surface area contributed by atoms with Crippen LogP contribution < -0.4 is 14.4 Å². The van der Waals surface area contributed by atoms with E-state index < -0.39 is 28.5 Å². The molecule has 1 N–H and O–H groups in total. The lowest BCUT2D eigenvalue weighted by molar-refractivity contribution is -0.140. The third-order valence-corrected chi connectivity index (χ3v) is 10.1. The van der Waals surface area contributed by atoms with E-state index in [1.54, 1.807) is 31.4 Å². The van der Waals surface area contributed by atoms with E-state index in [1.165, 1.54) is 35.2 Å². The van der Waals surface area contributed by atoms with Gasteiger partial charge >= 0.3 is 0 Å². The summed E-state index contributed by atoms with van der Waals surface area (Å²) in [4.78, 5) is 29.5.